The zero-order valence-corrected chi connectivity index (χ0v) is 13.8. The Bertz CT molecular complexity index is 742. The molecular weight excluding hydrogens is 332 g/mol. The third kappa shape index (κ3) is 3.78. The number of carbonyl (C=O) groups is 1. The van der Waals surface area contributed by atoms with E-state index >= 15 is 0 Å². The predicted molar refractivity (Wildman–Crippen MR) is 84.3 cm³/mol. The number of rotatable bonds is 5. The second-order valence-corrected chi connectivity index (χ2v) is 6.11. The van der Waals surface area contributed by atoms with E-state index in [1.165, 1.54) is 18.2 Å². The van der Waals surface area contributed by atoms with Gasteiger partial charge in [-0.25, -0.2) is 0 Å². The smallest absolute Gasteiger partial charge is 0.387 e. The number of halogens is 2. The minimum atomic E-state index is -3.00. The Hall–Kier alpha value is -2.51. The molecule has 0 saturated heterocycles. The largest absolute Gasteiger partial charge is 0.434 e. The Kier molecular flexibility index (Phi) is 4.96. The second-order valence-electron chi connectivity index (χ2n) is 6.11. The van der Waals surface area contributed by atoms with Crippen LogP contribution in [0.2, 0.25) is 0 Å². The van der Waals surface area contributed by atoms with Crippen LogP contribution >= 0.6 is 0 Å². The van der Waals surface area contributed by atoms with Crippen LogP contribution in [0.4, 0.5) is 8.78 Å². The summed E-state index contributed by atoms with van der Waals surface area (Å²) in [5.74, 6) is 0.173. The second kappa shape index (κ2) is 7.16. The summed E-state index contributed by atoms with van der Waals surface area (Å²) in [5.41, 5.74) is -0.710. The van der Waals surface area contributed by atoms with E-state index in [2.05, 4.69) is 20.2 Å². The Labute approximate surface area is 143 Å². The van der Waals surface area contributed by atoms with Crippen LogP contribution < -0.4 is 10.1 Å². The van der Waals surface area contributed by atoms with Gasteiger partial charge in [0.2, 0.25) is 5.89 Å². The van der Waals surface area contributed by atoms with Crippen LogP contribution in [-0.4, -0.2) is 22.7 Å². The summed E-state index contributed by atoms with van der Waals surface area (Å²) < 4.78 is 34.7. The molecule has 25 heavy (non-hydrogen) atoms. The third-order valence-corrected chi connectivity index (χ3v) is 4.36. The van der Waals surface area contributed by atoms with Gasteiger partial charge in [-0.15, -0.1) is 0 Å². The van der Waals surface area contributed by atoms with Gasteiger partial charge in [0.15, 0.2) is 5.82 Å². The number of benzene rings is 1. The Morgan fingerprint density at radius 1 is 1.28 bits per heavy atom. The molecule has 2 aromatic rings. The molecule has 0 bridgehead atoms. The fourth-order valence-corrected chi connectivity index (χ4v) is 3.19. The first-order valence-corrected chi connectivity index (χ1v) is 8.17. The molecule has 3 rings (SSSR count). The number of amides is 1. The molecule has 1 aromatic carbocycles. The number of carbonyl (C=O) groups excluding carboxylic acids is 1. The maximum absolute atomic E-state index is 12.8. The molecule has 134 valence electrons. The number of ether oxygens (including phenoxy) is 1. The molecular formula is C17H19F2N3O3. The first-order chi connectivity index (χ1) is 12.0. The van der Waals surface area contributed by atoms with Gasteiger partial charge in [-0.05, 0) is 25.0 Å². The molecule has 0 aliphatic heterocycles. The zero-order chi connectivity index (χ0) is 17.9. The molecule has 1 aliphatic carbocycles. The minimum Gasteiger partial charge on any atom is -0.434 e. The van der Waals surface area contributed by atoms with Gasteiger partial charge in [-0.3, -0.25) is 4.79 Å². The fraction of sp³-hybridized carbons (Fsp3) is 0.471. The number of alkyl halides is 2. The molecule has 0 atom stereocenters. The lowest BCUT2D eigenvalue weighted by molar-refractivity contribution is -0.0502. The van der Waals surface area contributed by atoms with E-state index < -0.39 is 18.1 Å². The normalized spacial score (nSPS) is 16.6. The highest BCUT2D eigenvalue weighted by molar-refractivity contribution is 5.97. The van der Waals surface area contributed by atoms with Crippen LogP contribution in [0, 0.1) is 6.92 Å². The van der Waals surface area contributed by atoms with Gasteiger partial charge in [-0.2, -0.15) is 13.8 Å². The molecule has 1 aromatic heterocycles. The summed E-state index contributed by atoms with van der Waals surface area (Å²) in [6.07, 6.45) is 4.19. The molecule has 0 unspecified atom stereocenters. The molecule has 8 heteroatoms. The number of para-hydroxylation sites is 1. The summed E-state index contributed by atoms with van der Waals surface area (Å²) in [6, 6.07) is 5.92. The van der Waals surface area contributed by atoms with Gasteiger partial charge >= 0.3 is 6.61 Å². The van der Waals surface area contributed by atoms with Crippen LogP contribution in [0.1, 0.15) is 54.2 Å². The van der Waals surface area contributed by atoms with E-state index in [0.717, 1.165) is 19.3 Å². The van der Waals surface area contributed by atoms with Gasteiger partial charge in [0.1, 0.15) is 11.3 Å². The Morgan fingerprint density at radius 3 is 2.64 bits per heavy atom. The summed E-state index contributed by atoms with van der Waals surface area (Å²) in [4.78, 5) is 17.1. The maximum Gasteiger partial charge on any atom is 0.387 e. The summed E-state index contributed by atoms with van der Waals surface area (Å²) in [5, 5.41) is 6.92. The molecule has 1 heterocycles. The number of aromatic nitrogens is 2. The first kappa shape index (κ1) is 17.3. The topological polar surface area (TPSA) is 77.2 Å². The summed E-state index contributed by atoms with van der Waals surface area (Å²) in [7, 11) is 0. The van der Waals surface area contributed by atoms with Crippen LogP contribution in [0.15, 0.2) is 28.8 Å². The van der Waals surface area contributed by atoms with Gasteiger partial charge in [0, 0.05) is 6.92 Å². The standard InChI is InChI=1S/C17H19F2N3O3/c1-11-20-15(22-25-11)17(9-5-2-6-10-17)21-14(23)12-7-3-4-8-13(12)24-16(18)19/h3-4,7-8,16H,2,5-6,9-10H2,1H3,(H,21,23). The van der Waals surface area contributed by atoms with Crippen molar-refractivity contribution >= 4 is 5.91 Å². The molecule has 1 saturated carbocycles. The molecule has 6 nitrogen and oxygen atoms in total. The monoisotopic (exact) mass is 351 g/mol. The van der Waals surface area contributed by atoms with Crippen molar-refractivity contribution in [1.29, 1.82) is 0 Å². The van der Waals surface area contributed by atoms with Crippen molar-refractivity contribution in [3.8, 4) is 5.75 Å². The summed E-state index contributed by atoms with van der Waals surface area (Å²) in [6.45, 7) is -1.32. The highest BCUT2D eigenvalue weighted by atomic mass is 19.3. The van der Waals surface area contributed by atoms with Crippen molar-refractivity contribution in [2.45, 2.75) is 51.2 Å². The highest BCUT2D eigenvalue weighted by Crippen LogP contribution is 2.36. The zero-order valence-electron chi connectivity index (χ0n) is 13.8. The van der Waals surface area contributed by atoms with Crippen molar-refractivity contribution in [2.75, 3.05) is 0 Å². The molecule has 1 fully saturated rings. The van der Waals surface area contributed by atoms with Crippen molar-refractivity contribution in [1.82, 2.24) is 15.5 Å². The molecule has 1 aliphatic rings. The van der Waals surface area contributed by atoms with Gasteiger partial charge in [0.05, 0.1) is 5.56 Å². The number of nitrogens with one attached hydrogen (secondary N) is 1. The Balaban J connectivity index is 1.89. The first-order valence-electron chi connectivity index (χ1n) is 8.17. The molecule has 0 radical (unpaired) electrons. The molecule has 1 N–H and O–H groups in total. The van der Waals surface area contributed by atoms with Crippen molar-refractivity contribution in [3.63, 3.8) is 0 Å². The van der Waals surface area contributed by atoms with Crippen molar-refractivity contribution < 1.29 is 22.8 Å². The SMILES string of the molecule is Cc1nc(C2(NC(=O)c3ccccc3OC(F)F)CCCCC2)no1. The van der Waals surface area contributed by atoms with Crippen LogP contribution in [-0.2, 0) is 5.54 Å². The quantitative estimate of drug-likeness (QED) is 0.891. The van der Waals surface area contributed by atoms with E-state index in [4.69, 9.17) is 4.52 Å². The average molecular weight is 351 g/mol. The number of hydrogen-bond donors (Lipinski definition) is 1. The van der Waals surface area contributed by atoms with E-state index in [1.807, 2.05) is 0 Å². The number of hydrogen-bond acceptors (Lipinski definition) is 5. The third-order valence-electron chi connectivity index (χ3n) is 4.36. The van der Waals surface area contributed by atoms with Crippen molar-refractivity contribution in [2.24, 2.45) is 0 Å². The van der Waals surface area contributed by atoms with Crippen LogP contribution in [0.25, 0.3) is 0 Å². The van der Waals surface area contributed by atoms with Crippen molar-refractivity contribution in [3.05, 3.63) is 41.5 Å². The highest BCUT2D eigenvalue weighted by Gasteiger charge is 2.40. The fourth-order valence-electron chi connectivity index (χ4n) is 3.19. The lowest BCUT2D eigenvalue weighted by atomic mass is 9.80. The lowest BCUT2D eigenvalue weighted by Gasteiger charge is -2.35. The van der Waals surface area contributed by atoms with Crippen LogP contribution in [0.5, 0.6) is 5.75 Å². The number of aryl methyl sites for hydroxylation is 1. The predicted octanol–water partition coefficient (Wildman–Crippen LogP) is 3.57. The van der Waals surface area contributed by atoms with E-state index in [0.29, 0.717) is 24.6 Å². The molecule has 1 amide bonds. The van der Waals surface area contributed by atoms with Crippen LogP contribution in [0.3, 0.4) is 0 Å². The average Bonchev–Trinajstić information content (AvgIpc) is 3.03. The van der Waals surface area contributed by atoms with E-state index in [-0.39, 0.29) is 11.3 Å². The minimum absolute atomic E-state index is 0.0490. The van der Waals surface area contributed by atoms with Gasteiger partial charge in [-0.1, -0.05) is 36.6 Å². The van der Waals surface area contributed by atoms with Gasteiger partial charge < -0.3 is 14.6 Å². The maximum atomic E-state index is 12.8. The number of nitrogens with zero attached hydrogens (tertiary/aromatic N) is 2. The summed E-state index contributed by atoms with van der Waals surface area (Å²) >= 11 is 0. The lowest BCUT2D eigenvalue weighted by Crippen LogP contribution is -2.48. The van der Waals surface area contributed by atoms with Gasteiger partial charge in [0.25, 0.3) is 5.91 Å². The Morgan fingerprint density at radius 2 is 2.00 bits per heavy atom. The van der Waals surface area contributed by atoms with E-state index in [9.17, 15) is 13.6 Å². The van der Waals surface area contributed by atoms with E-state index in [1.54, 1.807) is 13.0 Å². The molecule has 0 spiro atoms.